The molecular weight excluding hydrogens is 507 g/mol. The highest BCUT2D eigenvalue weighted by atomic mass is 127. The maximum absolute atomic E-state index is 4.50. The molecule has 6 nitrogen and oxygen atoms in total. The topological polar surface area (TPSA) is 55.8 Å². The molecule has 1 aliphatic heterocycles. The van der Waals surface area contributed by atoms with Crippen LogP contribution < -0.4 is 10.6 Å². The Bertz CT molecular complexity index is 743. The summed E-state index contributed by atoms with van der Waals surface area (Å²) in [5.74, 6) is 0.879. The van der Waals surface area contributed by atoms with Gasteiger partial charge < -0.3 is 15.5 Å². The van der Waals surface area contributed by atoms with E-state index in [9.17, 15) is 0 Å². The SMILES string of the molecule is CN=C(NCCCN1CCN(Cc2ccccc2)CC1)NCCc1csc(C)n1.I. The molecule has 1 saturated heterocycles. The molecule has 0 saturated carbocycles. The zero-order chi connectivity index (χ0) is 20.3. The van der Waals surface area contributed by atoms with Crippen LogP contribution in [-0.2, 0) is 13.0 Å². The minimum absolute atomic E-state index is 0. The average molecular weight is 543 g/mol. The minimum Gasteiger partial charge on any atom is -0.356 e. The first-order valence-corrected chi connectivity index (χ1v) is 11.4. The largest absolute Gasteiger partial charge is 0.356 e. The van der Waals surface area contributed by atoms with Crippen LogP contribution in [0.25, 0.3) is 0 Å². The van der Waals surface area contributed by atoms with Crippen molar-refractivity contribution in [2.45, 2.75) is 26.3 Å². The molecule has 2 aromatic rings. The van der Waals surface area contributed by atoms with Gasteiger partial charge in [-0.15, -0.1) is 35.3 Å². The third kappa shape index (κ3) is 8.87. The summed E-state index contributed by atoms with van der Waals surface area (Å²) in [5, 5.41) is 10.1. The fourth-order valence-corrected chi connectivity index (χ4v) is 4.22. The molecule has 0 aliphatic carbocycles. The second-order valence-corrected chi connectivity index (χ2v) is 8.55. The molecule has 2 N–H and O–H groups in total. The smallest absolute Gasteiger partial charge is 0.190 e. The number of halogens is 1. The second-order valence-electron chi connectivity index (χ2n) is 7.49. The van der Waals surface area contributed by atoms with Gasteiger partial charge in [-0.05, 0) is 25.5 Å². The monoisotopic (exact) mass is 542 g/mol. The highest BCUT2D eigenvalue weighted by Gasteiger charge is 2.16. The van der Waals surface area contributed by atoms with Crippen molar-refractivity contribution in [2.75, 3.05) is 52.9 Å². The van der Waals surface area contributed by atoms with Crippen LogP contribution in [0.5, 0.6) is 0 Å². The van der Waals surface area contributed by atoms with Crippen LogP contribution in [0.2, 0.25) is 0 Å². The van der Waals surface area contributed by atoms with Gasteiger partial charge in [0, 0.05) is 64.7 Å². The molecule has 1 aliphatic rings. The minimum atomic E-state index is 0. The van der Waals surface area contributed by atoms with Gasteiger partial charge in [-0.25, -0.2) is 4.98 Å². The number of guanidine groups is 1. The van der Waals surface area contributed by atoms with E-state index in [0.29, 0.717) is 0 Å². The number of nitrogens with one attached hydrogen (secondary N) is 2. The highest BCUT2D eigenvalue weighted by Crippen LogP contribution is 2.09. The predicted octanol–water partition coefficient (Wildman–Crippen LogP) is 2.98. The zero-order valence-electron chi connectivity index (χ0n) is 18.1. The maximum atomic E-state index is 4.50. The van der Waals surface area contributed by atoms with Gasteiger partial charge in [0.2, 0.25) is 0 Å². The molecule has 1 aromatic carbocycles. The molecule has 0 spiro atoms. The van der Waals surface area contributed by atoms with Crippen molar-refractivity contribution >= 4 is 41.3 Å². The number of hydrogen-bond acceptors (Lipinski definition) is 5. The van der Waals surface area contributed by atoms with Crippen molar-refractivity contribution in [3.63, 3.8) is 0 Å². The van der Waals surface area contributed by atoms with Crippen molar-refractivity contribution in [3.05, 3.63) is 52.0 Å². The quantitative estimate of drug-likeness (QED) is 0.221. The lowest BCUT2D eigenvalue weighted by molar-refractivity contribution is 0.126. The van der Waals surface area contributed by atoms with E-state index in [1.54, 1.807) is 11.3 Å². The van der Waals surface area contributed by atoms with E-state index in [1.165, 1.54) is 5.56 Å². The van der Waals surface area contributed by atoms with Gasteiger partial charge in [0.15, 0.2) is 5.96 Å². The number of aliphatic imine (C=N–C) groups is 1. The molecule has 1 fully saturated rings. The van der Waals surface area contributed by atoms with Crippen LogP contribution in [-0.4, -0.2) is 73.6 Å². The third-order valence-corrected chi connectivity index (χ3v) is 6.04. The van der Waals surface area contributed by atoms with Crippen LogP contribution in [0.15, 0.2) is 40.7 Å². The number of thiazole rings is 1. The Hall–Kier alpha value is -1.23. The molecule has 0 unspecified atom stereocenters. The van der Waals surface area contributed by atoms with Crippen LogP contribution in [0.4, 0.5) is 0 Å². The Labute approximate surface area is 202 Å². The Kier molecular flexibility index (Phi) is 11.6. The molecule has 0 amide bonds. The zero-order valence-corrected chi connectivity index (χ0v) is 21.3. The summed E-state index contributed by atoms with van der Waals surface area (Å²) in [6, 6.07) is 10.8. The van der Waals surface area contributed by atoms with Crippen LogP contribution in [0.1, 0.15) is 22.7 Å². The van der Waals surface area contributed by atoms with Gasteiger partial charge in [0.05, 0.1) is 10.7 Å². The fraction of sp³-hybridized carbons (Fsp3) is 0.545. The van der Waals surface area contributed by atoms with Crippen molar-refractivity contribution in [3.8, 4) is 0 Å². The molecule has 30 heavy (non-hydrogen) atoms. The summed E-state index contributed by atoms with van der Waals surface area (Å²) < 4.78 is 0. The standard InChI is InChI=1S/C22H34N6S.HI/c1-19-26-21(18-29-19)9-11-25-22(23-2)24-10-6-12-27-13-15-28(16-14-27)17-20-7-4-3-5-8-20;/h3-5,7-8,18H,6,9-17H2,1-2H3,(H2,23,24,25);1H. The van der Waals surface area contributed by atoms with Crippen molar-refractivity contribution < 1.29 is 0 Å². The number of piperazine rings is 1. The summed E-state index contributed by atoms with van der Waals surface area (Å²) in [7, 11) is 1.83. The third-order valence-electron chi connectivity index (χ3n) is 5.22. The Balaban J connectivity index is 0.00000320. The summed E-state index contributed by atoms with van der Waals surface area (Å²) in [5.41, 5.74) is 2.57. The van der Waals surface area contributed by atoms with Crippen LogP contribution in [0.3, 0.4) is 0 Å². The first kappa shape index (κ1) is 25.0. The lowest BCUT2D eigenvalue weighted by Gasteiger charge is -2.34. The Morgan fingerprint density at radius 3 is 2.43 bits per heavy atom. The maximum Gasteiger partial charge on any atom is 0.190 e. The van der Waals surface area contributed by atoms with Gasteiger partial charge >= 0.3 is 0 Å². The first-order chi connectivity index (χ1) is 14.2. The van der Waals surface area contributed by atoms with Gasteiger partial charge in [0.25, 0.3) is 0 Å². The van der Waals surface area contributed by atoms with Crippen LogP contribution in [0, 0.1) is 6.92 Å². The molecular formula is C22H35IN6S. The van der Waals surface area contributed by atoms with E-state index in [0.717, 1.165) is 81.9 Å². The van der Waals surface area contributed by atoms with E-state index in [1.807, 2.05) is 14.0 Å². The normalized spacial score (nSPS) is 15.6. The average Bonchev–Trinajstić information content (AvgIpc) is 3.16. The van der Waals surface area contributed by atoms with E-state index < -0.39 is 0 Å². The van der Waals surface area contributed by atoms with Crippen molar-refractivity contribution in [2.24, 2.45) is 4.99 Å². The molecule has 3 rings (SSSR count). The highest BCUT2D eigenvalue weighted by molar-refractivity contribution is 14.0. The number of nitrogens with zero attached hydrogens (tertiary/aromatic N) is 4. The Morgan fingerprint density at radius 1 is 1.07 bits per heavy atom. The molecule has 0 bridgehead atoms. The summed E-state index contributed by atoms with van der Waals surface area (Å²) in [6.45, 7) is 10.7. The number of benzene rings is 1. The number of hydrogen-bond donors (Lipinski definition) is 2. The van der Waals surface area contributed by atoms with E-state index in [2.05, 4.69) is 66.1 Å². The summed E-state index contributed by atoms with van der Waals surface area (Å²) >= 11 is 1.71. The molecule has 8 heteroatoms. The second kappa shape index (κ2) is 14.0. The molecule has 0 atom stereocenters. The van der Waals surface area contributed by atoms with Crippen molar-refractivity contribution in [1.82, 2.24) is 25.4 Å². The van der Waals surface area contributed by atoms with E-state index >= 15 is 0 Å². The van der Waals surface area contributed by atoms with Gasteiger partial charge in [-0.2, -0.15) is 0 Å². The summed E-state index contributed by atoms with van der Waals surface area (Å²) in [6.07, 6.45) is 2.06. The number of aryl methyl sites for hydroxylation is 1. The summed E-state index contributed by atoms with van der Waals surface area (Å²) in [4.78, 5) is 13.9. The lowest BCUT2D eigenvalue weighted by Crippen LogP contribution is -2.46. The van der Waals surface area contributed by atoms with Gasteiger partial charge in [-0.3, -0.25) is 9.89 Å². The lowest BCUT2D eigenvalue weighted by atomic mass is 10.2. The number of aromatic nitrogens is 1. The molecule has 166 valence electrons. The molecule has 1 aromatic heterocycles. The van der Waals surface area contributed by atoms with Crippen molar-refractivity contribution in [1.29, 1.82) is 0 Å². The first-order valence-electron chi connectivity index (χ1n) is 10.6. The van der Waals surface area contributed by atoms with Gasteiger partial charge in [-0.1, -0.05) is 30.3 Å². The van der Waals surface area contributed by atoms with E-state index in [-0.39, 0.29) is 24.0 Å². The Morgan fingerprint density at radius 2 is 1.77 bits per heavy atom. The molecule has 0 radical (unpaired) electrons. The van der Waals surface area contributed by atoms with Crippen LogP contribution >= 0.6 is 35.3 Å². The van der Waals surface area contributed by atoms with E-state index in [4.69, 9.17) is 0 Å². The fourth-order valence-electron chi connectivity index (χ4n) is 3.57. The number of rotatable bonds is 9. The molecule has 2 heterocycles. The van der Waals surface area contributed by atoms with Gasteiger partial charge in [0.1, 0.15) is 0 Å². The predicted molar refractivity (Wildman–Crippen MR) is 138 cm³/mol.